The third kappa shape index (κ3) is 5.11. The van der Waals surface area contributed by atoms with E-state index in [9.17, 15) is 9.90 Å². The summed E-state index contributed by atoms with van der Waals surface area (Å²) < 4.78 is 10.0. The molecule has 19 heavy (non-hydrogen) atoms. The average Bonchev–Trinajstić information content (AvgIpc) is 2.38. The smallest absolute Gasteiger partial charge is 0.185 e. The lowest BCUT2D eigenvalue weighted by molar-refractivity contribution is -0.210. The Kier molecular flexibility index (Phi) is 6.15. The van der Waals surface area contributed by atoms with Gasteiger partial charge in [0.1, 0.15) is 11.4 Å². The summed E-state index contributed by atoms with van der Waals surface area (Å²) in [7, 11) is 2.88. The van der Waals surface area contributed by atoms with Crippen molar-refractivity contribution in [1.29, 1.82) is 0 Å². The fourth-order valence-electron chi connectivity index (χ4n) is 2.10. The number of ketones is 1. The van der Waals surface area contributed by atoms with Gasteiger partial charge in [-0.05, 0) is 18.9 Å². The van der Waals surface area contributed by atoms with Gasteiger partial charge in [-0.15, -0.1) is 0 Å². The van der Waals surface area contributed by atoms with Crippen LogP contribution in [0.15, 0.2) is 30.3 Å². The van der Waals surface area contributed by atoms with Crippen molar-refractivity contribution in [3.05, 3.63) is 35.9 Å². The lowest BCUT2D eigenvalue weighted by atomic mass is 9.95. The number of methoxy groups -OCH3 is 2. The van der Waals surface area contributed by atoms with Crippen molar-refractivity contribution in [2.24, 2.45) is 0 Å². The fourth-order valence-corrected chi connectivity index (χ4v) is 2.10. The maximum Gasteiger partial charge on any atom is 0.185 e. The highest BCUT2D eigenvalue weighted by Crippen LogP contribution is 2.19. The highest BCUT2D eigenvalue weighted by Gasteiger charge is 2.34. The second-order valence-electron chi connectivity index (χ2n) is 4.86. The Morgan fingerprint density at radius 3 is 2.37 bits per heavy atom. The molecule has 0 heterocycles. The Morgan fingerprint density at radius 2 is 1.84 bits per heavy atom. The molecule has 1 aromatic rings. The van der Waals surface area contributed by atoms with Gasteiger partial charge in [0.2, 0.25) is 0 Å². The van der Waals surface area contributed by atoms with E-state index in [0.717, 1.165) is 5.56 Å². The van der Waals surface area contributed by atoms with E-state index >= 15 is 0 Å². The zero-order valence-electron chi connectivity index (χ0n) is 11.8. The quantitative estimate of drug-likeness (QED) is 0.731. The van der Waals surface area contributed by atoms with E-state index in [1.165, 1.54) is 14.2 Å². The minimum absolute atomic E-state index is 0.00652. The van der Waals surface area contributed by atoms with E-state index in [2.05, 4.69) is 0 Å². The highest BCUT2D eigenvalue weighted by molar-refractivity contribution is 5.79. The molecule has 1 unspecified atom stereocenters. The van der Waals surface area contributed by atoms with Crippen LogP contribution in [0, 0.1) is 0 Å². The van der Waals surface area contributed by atoms with Crippen LogP contribution in [0.2, 0.25) is 0 Å². The summed E-state index contributed by atoms with van der Waals surface area (Å²) in [6, 6.07) is 9.80. The Morgan fingerprint density at radius 1 is 1.26 bits per heavy atom. The van der Waals surface area contributed by atoms with E-state index in [4.69, 9.17) is 9.47 Å². The summed E-state index contributed by atoms with van der Waals surface area (Å²) in [6.07, 6.45) is 0.306. The molecule has 0 radical (unpaired) electrons. The first-order valence-electron chi connectivity index (χ1n) is 6.33. The molecule has 4 heteroatoms. The van der Waals surface area contributed by atoms with E-state index in [1.807, 2.05) is 30.3 Å². The molecule has 0 saturated carbocycles. The summed E-state index contributed by atoms with van der Waals surface area (Å²) >= 11 is 0. The molecule has 4 nitrogen and oxygen atoms in total. The summed E-state index contributed by atoms with van der Waals surface area (Å²) in [5.74, 6) is -0.00652. The van der Waals surface area contributed by atoms with E-state index < -0.39 is 11.9 Å². The highest BCUT2D eigenvalue weighted by atomic mass is 16.7. The maximum absolute atomic E-state index is 11.9. The van der Waals surface area contributed by atoms with Crippen LogP contribution in [0.3, 0.4) is 0 Å². The second-order valence-corrected chi connectivity index (χ2v) is 4.86. The van der Waals surface area contributed by atoms with Crippen molar-refractivity contribution in [2.45, 2.75) is 38.1 Å². The lowest BCUT2D eigenvalue weighted by Crippen LogP contribution is -2.43. The molecule has 0 spiro atoms. The number of hydrogen-bond acceptors (Lipinski definition) is 4. The molecule has 0 aromatic heterocycles. The topological polar surface area (TPSA) is 55.8 Å². The minimum Gasteiger partial charge on any atom is -0.384 e. The largest absolute Gasteiger partial charge is 0.384 e. The first-order valence-corrected chi connectivity index (χ1v) is 6.33. The number of ether oxygens (including phenoxy) is 2. The number of Topliss-reactive ketones (excluding diaryl/α,β-unsaturated/α-hetero) is 1. The monoisotopic (exact) mass is 266 g/mol. The van der Waals surface area contributed by atoms with Crippen molar-refractivity contribution < 1.29 is 19.4 Å². The molecule has 0 bridgehead atoms. The van der Waals surface area contributed by atoms with Gasteiger partial charge in [-0.25, -0.2) is 0 Å². The summed E-state index contributed by atoms with van der Waals surface area (Å²) in [6.45, 7) is 1.55. The molecule has 1 atom stereocenters. The number of aliphatic hydroxyl groups is 1. The van der Waals surface area contributed by atoms with Crippen molar-refractivity contribution in [3.63, 3.8) is 0 Å². The Bertz CT molecular complexity index is 382. The summed E-state index contributed by atoms with van der Waals surface area (Å²) in [5, 5.41) is 10.2. The fraction of sp³-hybridized carbons (Fsp3) is 0.533. The molecule has 0 aliphatic heterocycles. The maximum atomic E-state index is 11.9. The van der Waals surface area contributed by atoms with Crippen LogP contribution in [0.1, 0.15) is 25.3 Å². The normalized spacial score (nSPS) is 14.4. The molecule has 1 aromatic carbocycles. The Balaban J connectivity index is 2.46. The molecule has 0 aliphatic rings. The van der Waals surface area contributed by atoms with Gasteiger partial charge in [0.05, 0.1) is 0 Å². The molecule has 106 valence electrons. The van der Waals surface area contributed by atoms with E-state index in [-0.39, 0.29) is 12.2 Å². The standard InChI is InChI=1S/C15H22O4/c1-15(17,14(18-2)19-3)11-13(16)10-9-12-7-5-4-6-8-12/h4-8,14,17H,9-11H2,1-3H3. The van der Waals surface area contributed by atoms with Gasteiger partial charge in [0, 0.05) is 27.1 Å². The van der Waals surface area contributed by atoms with E-state index in [0.29, 0.717) is 12.8 Å². The van der Waals surface area contributed by atoms with Crippen LogP contribution in [0.25, 0.3) is 0 Å². The van der Waals surface area contributed by atoms with Crippen molar-refractivity contribution in [1.82, 2.24) is 0 Å². The van der Waals surface area contributed by atoms with Crippen LogP contribution in [0.4, 0.5) is 0 Å². The summed E-state index contributed by atoms with van der Waals surface area (Å²) in [4.78, 5) is 11.9. The number of hydrogen-bond donors (Lipinski definition) is 1. The van der Waals surface area contributed by atoms with Crippen molar-refractivity contribution in [3.8, 4) is 0 Å². The van der Waals surface area contributed by atoms with Crippen LogP contribution < -0.4 is 0 Å². The number of aryl methyl sites for hydroxylation is 1. The predicted molar refractivity (Wildman–Crippen MR) is 72.8 cm³/mol. The lowest BCUT2D eigenvalue weighted by Gasteiger charge is -2.29. The molecule has 0 saturated heterocycles. The second kappa shape index (κ2) is 7.38. The molecule has 1 rings (SSSR count). The number of rotatable bonds is 8. The number of carbonyl (C=O) groups is 1. The van der Waals surface area contributed by atoms with Crippen molar-refractivity contribution >= 4 is 5.78 Å². The first kappa shape index (κ1) is 15.8. The third-order valence-corrected chi connectivity index (χ3v) is 3.03. The van der Waals surface area contributed by atoms with Gasteiger partial charge >= 0.3 is 0 Å². The zero-order chi connectivity index (χ0) is 14.3. The van der Waals surface area contributed by atoms with Crippen LogP contribution in [-0.2, 0) is 20.7 Å². The number of benzene rings is 1. The average molecular weight is 266 g/mol. The molecule has 0 aliphatic carbocycles. The number of carbonyl (C=O) groups excluding carboxylic acids is 1. The predicted octanol–water partition coefficient (Wildman–Crippen LogP) is 1.95. The Hall–Kier alpha value is -1.23. The van der Waals surface area contributed by atoms with Gasteiger partial charge in [-0.1, -0.05) is 30.3 Å². The van der Waals surface area contributed by atoms with E-state index in [1.54, 1.807) is 6.92 Å². The Labute approximate surface area is 114 Å². The molecular weight excluding hydrogens is 244 g/mol. The molecular formula is C15H22O4. The zero-order valence-corrected chi connectivity index (χ0v) is 11.8. The first-order chi connectivity index (χ1) is 8.99. The van der Waals surface area contributed by atoms with Gasteiger partial charge < -0.3 is 14.6 Å². The van der Waals surface area contributed by atoms with Gasteiger partial charge in [0.15, 0.2) is 6.29 Å². The van der Waals surface area contributed by atoms with Crippen LogP contribution in [0.5, 0.6) is 0 Å². The SMILES string of the molecule is COC(OC)C(C)(O)CC(=O)CCc1ccccc1. The molecule has 1 N–H and O–H groups in total. The van der Waals surface area contributed by atoms with Gasteiger partial charge in [-0.3, -0.25) is 4.79 Å². The van der Waals surface area contributed by atoms with Gasteiger partial charge in [-0.2, -0.15) is 0 Å². The third-order valence-electron chi connectivity index (χ3n) is 3.03. The van der Waals surface area contributed by atoms with Crippen LogP contribution in [-0.4, -0.2) is 37.0 Å². The van der Waals surface area contributed by atoms with Gasteiger partial charge in [0.25, 0.3) is 0 Å². The minimum atomic E-state index is -1.31. The van der Waals surface area contributed by atoms with Crippen molar-refractivity contribution in [2.75, 3.05) is 14.2 Å². The van der Waals surface area contributed by atoms with Crippen LogP contribution >= 0.6 is 0 Å². The summed E-state index contributed by atoms with van der Waals surface area (Å²) in [5.41, 5.74) is -0.192. The molecule has 0 fully saturated rings. The molecule has 0 amide bonds.